The minimum absolute atomic E-state index is 0.399. The predicted molar refractivity (Wildman–Crippen MR) is 110 cm³/mol. The van der Waals surface area contributed by atoms with Gasteiger partial charge in [0.15, 0.2) is 0 Å². The first-order chi connectivity index (χ1) is 14.0. The number of aliphatic hydroxyl groups is 1. The monoisotopic (exact) mass is 398 g/mol. The number of carbonyl (C=O) groups excluding carboxylic acids is 3. The van der Waals surface area contributed by atoms with Crippen molar-refractivity contribution >= 4 is 36.7 Å². The highest BCUT2D eigenvalue weighted by Crippen LogP contribution is 2.05. The van der Waals surface area contributed by atoms with Gasteiger partial charge in [0, 0.05) is 30.4 Å². The minimum atomic E-state index is -0.987. The molecule has 0 aromatic heterocycles. The molecular formula is C22H22O7. The maximum atomic E-state index is 10.7. The zero-order valence-electron chi connectivity index (χ0n) is 16.0. The molecule has 0 atom stereocenters. The molecule has 2 N–H and O–H groups in total. The van der Waals surface area contributed by atoms with Crippen LogP contribution in [0, 0.1) is 0 Å². The summed E-state index contributed by atoms with van der Waals surface area (Å²) in [5.74, 6) is -1.39. The van der Waals surface area contributed by atoms with Crippen LogP contribution in [-0.4, -0.2) is 48.9 Å². The lowest BCUT2D eigenvalue weighted by molar-refractivity contribution is -0.135. The van der Waals surface area contributed by atoms with Crippen LogP contribution < -0.4 is 0 Å². The summed E-state index contributed by atoms with van der Waals surface area (Å²) in [6, 6.07) is 13.5. The Labute approximate surface area is 168 Å². The van der Waals surface area contributed by atoms with Crippen LogP contribution in [0.25, 0.3) is 12.2 Å². The first kappa shape index (κ1) is 25.2. The Kier molecular flexibility index (Phi) is 13.2. The molecule has 2 aromatic carbocycles. The number of esters is 1. The third-order valence-corrected chi connectivity index (χ3v) is 3.18. The molecule has 0 amide bonds. The second-order valence-electron chi connectivity index (χ2n) is 5.10. The number of aldehydes is 2. The Morgan fingerprint density at radius 3 is 1.38 bits per heavy atom. The van der Waals surface area contributed by atoms with Crippen molar-refractivity contribution in [2.45, 2.75) is 0 Å². The lowest BCUT2D eigenvalue weighted by Gasteiger charge is -1.93. The van der Waals surface area contributed by atoms with Gasteiger partial charge in [-0.2, -0.15) is 0 Å². The van der Waals surface area contributed by atoms with Gasteiger partial charge in [0.25, 0.3) is 0 Å². The molecule has 0 aliphatic carbocycles. The quantitative estimate of drug-likeness (QED) is 0.436. The Morgan fingerprint density at radius 1 is 0.724 bits per heavy atom. The summed E-state index contributed by atoms with van der Waals surface area (Å²) in [5.41, 5.74) is 2.79. The molecule has 7 nitrogen and oxygen atoms in total. The zero-order chi connectivity index (χ0) is 22.1. The van der Waals surface area contributed by atoms with Gasteiger partial charge in [-0.15, -0.1) is 0 Å². The fourth-order valence-electron chi connectivity index (χ4n) is 1.77. The van der Waals surface area contributed by atoms with Crippen LogP contribution >= 0.6 is 0 Å². The molecule has 0 radical (unpaired) electrons. The average Bonchev–Trinajstić information content (AvgIpc) is 2.78. The summed E-state index contributed by atoms with van der Waals surface area (Å²) >= 11 is 0. The predicted octanol–water partition coefficient (Wildman–Crippen LogP) is 2.89. The Morgan fingerprint density at radius 2 is 1.07 bits per heavy atom. The maximum absolute atomic E-state index is 10.7. The molecule has 0 fully saturated rings. The van der Waals surface area contributed by atoms with E-state index in [0.717, 1.165) is 36.9 Å². The van der Waals surface area contributed by atoms with Crippen molar-refractivity contribution in [3.63, 3.8) is 0 Å². The number of carboxylic acid groups (broad SMARTS) is 1. The van der Waals surface area contributed by atoms with Crippen LogP contribution in [0.2, 0.25) is 0 Å². The first-order valence-corrected chi connectivity index (χ1v) is 8.20. The van der Waals surface area contributed by atoms with E-state index < -0.39 is 11.9 Å². The Balaban J connectivity index is 0.000000499. The number of rotatable bonds is 6. The summed E-state index contributed by atoms with van der Waals surface area (Å²) in [5, 5.41) is 15.3. The van der Waals surface area contributed by atoms with Crippen LogP contribution in [0.3, 0.4) is 0 Å². The van der Waals surface area contributed by atoms with Crippen LogP contribution in [0.4, 0.5) is 0 Å². The van der Waals surface area contributed by atoms with E-state index in [1.807, 2.05) is 0 Å². The molecule has 0 heterocycles. The molecular weight excluding hydrogens is 376 g/mol. The van der Waals surface area contributed by atoms with E-state index in [1.54, 1.807) is 54.6 Å². The molecule has 0 spiro atoms. The minimum Gasteiger partial charge on any atom is -0.478 e. The first-order valence-electron chi connectivity index (χ1n) is 8.20. The maximum Gasteiger partial charge on any atom is 0.330 e. The van der Waals surface area contributed by atoms with E-state index in [-0.39, 0.29) is 0 Å². The van der Waals surface area contributed by atoms with Crippen LogP contribution in [0.5, 0.6) is 0 Å². The van der Waals surface area contributed by atoms with Gasteiger partial charge in [0.2, 0.25) is 0 Å². The van der Waals surface area contributed by atoms with Gasteiger partial charge in [-0.3, -0.25) is 9.59 Å². The van der Waals surface area contributed by atoms with Gasteiger partial charge in [-0.25, -0.2) is 9.59 Å². The van der Waals surface area contributed by atoms with Crippen LogP contribution in [0.15, 0.2) is 60.7 Å². The van der Waals surface area contributed by atoms with Crippen molar-refractivity contribution in [1.29, 1.82) is 0 Å². The van der Waals surface area contributed by atoms with E-state index in [0.29, 0.717) is 11.1 Å². The summed E-state index contributed by atoms with van der Waals surface area (Å²) in [6.45, 7) is 0. The fraction of sp³-hybridized carbons (Fsp3) is 0.0909. The SMILES string of the molecule is CO.COC(=O)/C=C/c1ccc(C=O)cc1.O=Cc1ccc(/C=C/C(=O)O)cc1. The normalized spacial score (nSPS) is 9.62. The highest BCUT2D eigenvalue weighted by Gasteiger charge is 1.93. The number of ether oxygens (including phenoxy) is 1. The number of benzene rings is 2. The largest absolute Gasteiger partial charge is 0.478 e. The standard InChI is InChI=1S/C11H10O3.C10H8O3.CH4O/c1-14-11(13)7-6-9-2-4-10(8-12)5-3-9;11-7-9-3-1-8(2-4-9)5-6-10(12)13;1-2/h2-8H,1H3;1-7H,(H,12,13);2H,1H3/b7-6+;6-5+;. The van der Waals surface area contributed by atoms with E-state index in [2.05, 4.69) is 4.74 Å². The van der Waals surface area contributed by atoms with Crippen LogP contribution in [0.1, 0.15) is 31.8 Å². The second kappa shape index (κ2) is 15.2. The van der Waals surface area contributed by atoms with Gasteiger partial charge < -0.3 is 14.9 Å². The lowest BCUT2D eigenvalue weighted by Crippen LogP contribution is -1.93. The molecule has 7 heteroatoms. The van der Waals surface area contributed by atoms with Gasteiger partial charge in [-0.1, -0.05) is 48.5 Å². The number of aliphatic hydroxyl groups excluding tert-OH is 1. The topological polar surface area (TPSA) is 118 Å². The number of hydrogen-bond donors (Lipinski definition) is 2. The average molecular weight is 398 g/mol. The van der Waals surface area contributed by atoms with Crippen molar-refractivity contribution in [2.24, 2.45) is 0 Å². The highest BCUT2D eigenvalue weighted by atomic mass is 16.5. The van der Waals surface area contributed by atoms with E-state index in [1.165, 1.54) is 19.3 Å². The number of methoxy groups -OCH3 is 1. The van der Waals surface area contributed by atoms with Crippen molar-refractivity contribution in [1.82, 2.24) is 0 Å². The van der Waals surface area contributed by atoms with Gasteiger partial charge in [0.1, 0.15) is 12.6 Å². The van der Waals surface area contributed by atoms with Crippen LogP contribution in [-0.2, 0) is 14.3 Å². The zero-order valence-corrected chi connectivity index (χ0v) is 16.0. The molecule has 0 bridgehead atoms. The molecule has 0 unspecified atom stereocenters. The molecule has 0 aliphatic rings. The summed E-state index contributed by atoms with van der Waals surface area (Å²) in [4.78, 5) is 41.5. The van der Waals surface area contributed by atoms with Crippen molar-refractivity contribution < 1.29 is 34.1 Å². The lowest BCUT2D eigenvalue weighted by atomic mass is 10.1. The van der Waals surface area contributed by atoms with Crippen molar-refractivity contribution in [2.75, 3.05) is 14.2 Å². The summed E-state index contributed by atoms with van der Waals surface area (Å²) in [7, 11) is 2.32. The van der Waals surface area contributed by atoms with Gasteiger partial charge >= 0.3 is 11.9 Å². The summed E-state index contributed by atoms with van der Waals surface area (Å²) in [6.07, 6.45) is 6.99. The van der Waals surface area contributed by atoms with Gasteiger partial charge in [0.05, 0.1) is 7.11 Å². The third kappa shape index (κ3) is 11.5. The number of carboxylic acids is 1. The van der Waals surface area contributed by atoms with E-state index in [9.17, 15) is 19.2 Å². The molecule has 29 heavy (non-hydrogen) atoms. The van der Waals surface area contributed by atoms with Crippen molar-refractivity contribution in [3.05, 3.63) is 82.9 Å². The van der Waals surface area contributed by atoms with Gasteiger partial charge in [-0.05, 0) is 23.3 Å². The smallest absolute Gasteiger partial charge is 0.330 e. The summed E-state index contributed by atoms with van der Waals surface area (Å²) < 4.78 is 4.43. The molecule has 0 aliphatic heterocycles. The Hall–Kier alpha value is -3.84. The molecule has 152 valence electrons. The van der Waals surface area contributed by atoms with E-state index in [4.69, 9.17) is 10.2 Å². The molecule has 0 saturated heterocycles. The second-order valence-corrected chi connectivity index (χ2v) is 5.10. The third-order valence-electron chi connectivity index (χ3n) is 3.18. The molecule has 2 rings (SSSR count). The molecule has 0 saturated carbocycles. The Bertz CT molecular complexity index is 832. The number of aliphatic carboxylic acids is 1. The molecule has 2 aromatic rings. The highest BCUT2D eigenvalue weighted by molar-refractivity contribution is 5.87. The van der Waals surface area contributed by atoms with Crippen molar-refractivity contribution in [3.8, 4) is 0 Å². The number of carbonyl (C=O) groups is 4. The number of hydrogen-bond acceptors (Lipinski definition) is 6. The fourth-order valence-corrected chi connectivity index (χ4v) is 1.77. The van der Waals surface area contributed by atoms with E-state index >= 15 is 0 Å².